The van der Waals surface area contributed by atoms with Crippen LogP contribution >= 0.6 is 22.9 Å². The van der Waals surface area contributed by atoms with Crippen molar-refractivity contribution in [1.29, 1.82) is 5.26 Å². The lowest BCUT2D eigenvalue weighted by molar-refractivity contribution is 0.211. The molecular formula is C20H19ClFN5S. The molecule has 1 aliphatic heterocycles. The number of likely N-dealkylation sites (tertiary alicyclic amines) is 1. The van der Waals surface area contributed by atoms with Gasteiger partial charge in [0, 0.05) is 32.5 Å². The Bertz CT molecular complexity index is 1530. The molecule has 2 aromatic heterocycles. The third-order valence-corrected chi connectivity index (χ3v) is 4.92. The van der Waals surface area contributed by atoms with Crippen LogP contribution in [0.5, 0.6) is 0 Å². The summed E-state index contributed by atoms with van der Waals surface area (Å²) >= 11 is 6.83. The second kappa shape index (κ2) is 8.00. The Hall–Kier alpha value is -2.27. The van der Waals surface area contributed by atoms with E-state index in [9.17, 15) is 9.65 Å². The zero-order valence-corrected chi connectivity index (χ0v) is 16.0. The molecule has 8 heteroatoms. The molecule has 1 saturated heterocycles. The van der Waals surface area contributed by atoms with E-state index in [0.717, 1.165) is 16.2 Å². The van der Waals surface area contributed by atoms with Crippen LogP contribution in [-0.2, 0) is 6.52 Å². The molecule has 1 aliphatic rings. The Morgan fingerprint density at radius 1 is 1.54 bits per heavy atom. The summed E-state index contributed by atoms with van der Waals surface area (Å²) in [5, 5.41) is 9.30. The van der Waals surface area contributed by atoms with Crippen LogP contribution < -0.4 is 5.31 Å². The molecule has 28 heavy (non-hydrogen) atoms. The average molecular weight is 427 g/mol. The quantitative estimate of drug-likeness (QED) is 0.652. The molecule has 1 atom stereocenters. The van der Waals surface area contributed by atoms with E-state index in [1.165, 1.54) is 13.0 Å². The first-order valence-corrected chi connectivity index (χ1v) is 9.18. The monoisotopic (exact) mass is 426 g/mol. The lowest BCUT2D eigenvalue weighted by atomic mass is 10.0. The molecule has 1 N–H and O–H groups in total. The summed E-state index contributed by atoms with van der Waals surface area (Å²) in [5.41, 5.74) is -1.43. The number of thiophene rings is 1. The summed E-state index contributed by atoms with van der Waals surface area (Å²) in [5.74, 6) is -1.65. The van der Waals surface area contributed by atoms with Crippen molar-refractivity contribution in [2.75, 3.05) is 18.4 Å². The van der Waals surface area contributed by atoms with Crippen molar-refractivity contribution < 1.29 is 19.5 Å². The molecule has 0 saturated carbocycles. The molecule has 3 heterocycles. The van der Waals surface area contributed by atoms with Gasteiger partial charge in [-0.15, -0.1) is 11.3 Å². The standard InChI is InChI=1S/C20H19ClFN5S/c1-12-6-13(7-14(9-23)18(12)22)10-27-4-2-15(3-5-27)26-19-16-8-17(21)28-20(16)25-11-24-19/h6-8,11,15H,2-5,10H2,1H3,(H,24,25,26)/i2D2,3D2,6D,7D,8D,10D,11D,15D/hD. The number of halogens is 2. The van der Waals surface area contributed by atoms with Gasteiger partial charge in [0.2, 0.25) is 0 Å². The number of fused-ring (bicyclic) bond motifs is 1. The van der Waals surface area contributed by atoms with Crippen molar-refractivity contribution in [1.82, 2.24) is 14.9 Å². The van der Waals surface area contributed by atoms with E-state index < -0.39 is 79.5 Å². The highest BCUT2D eigenvalue weighted by Crippen LogP contribution is 2.32. The number of hydrogen-bond donors (Lipinski definition) is 1. The second-order valence-corrected chi connectivity index (χ2v) is 7.37. The molecular weight excluding hydrogens is 397 g/mol. The molecule has 1 unspecified atom stereocenters. The lowest BCUT2D eigenvalue weighted by Crippen LogP contribution is -2.38. The maximum Gasteiger partial charge on any atom is 0.162 e. The van der Waals surface area contributed by atoms with Gasteiger partial charge in [0.25, 0.3) is 0 Å². The van der Waals surface area contributed by atoms with E-state index in [2.05, 4.69) is 9.97 Å². The van der Waals surface area contributed by atoms with Crippen molar-refractivity contribution in [3.05, 3.63) is 51.3 Å². The second-order valence-electron chi connectivity index (χ2n) is 5.77. The predicted octanol–water partition coefficient (Wildman–Crippen LogP) is 4.74. The molecule has 5 nitrogen and oxygen atoms in total. The molecule has 0 aliphatic carbocycles. The lowest BCUT2D eigenvalue weighted by Gasteiger charge is -2.32. The maximum atomic E-state index is 14.4. The fraction of sp³-hybridized carbons (Fsp3) is 0.350. The summed E-state index contributed by atoms with van der Waals surface area (Å²) in [6.45, 7) is -2.27. The number of piperidine rings is 1. The molecule has 3 aromatic rings. The Labute approximate surface area is 187 Å². The molecule has 1 aromatic carbocycles. The van der Waals surface area contributed by atoms with E-state index in [1.807, 2.05) is 0 Å². The topological polar surface area (TPSA) is 64.8 Å². The predicted molar refractivity (Wildman–Crippen MR) is 110 cm³/mol. The van der Waals surface area contributed by atoms with Crippen LogP contribution in [0.2, 0.25) is 5.75 Å². The van der Waals surface area contributed by atoms with Crippen molar-refractivity contribution in [2.24, 2.45) is 0 Å². The van der Waals surface area contributed by atoms with E-state index in [-0.39, 0.29) is 31.5 Å². The van der Waals surface area contributed by atoms with Gasteiger partial charge in [0.05, 0.1) is 20.8 Å². The van der Waals surface area contributed by atoms with Gasteiger partial charge in [-0.25, -0.2) is 14.4 Å². The van der Waals surface area contributed by atoms with Crippen molar-refractivity contribution in [3.8, 4) is 6.07 Å². The SMILES string of the molecule is [2H]c1nc(N([2H])C2([2H])C([2H])([2H])CN(C([2H])c3c([2H])c(C)c(F)c(C#N)c3[2H])CC2([2H])[2H])c2c([2H])c(Cl)sc2n1. The first-order valence-electron chi connectivity index (χ1n) is 13.5. The molecule has 0 amide bonds. The van der Waals surface area contributed by atoms with E-state index in [4.69, 9.17) is 26.7 Å². The smallest absolute Gasteiger partial charge is 0.162 e. The van der Waals surface area contributed by atoms with Gasteiger partial charge < -0.3 is 5.31 Å². The number of benzene rings is 1. The normalized spacial score (nSPS) is 27.1. The summed E-state index contributed by atoms with van der Waals surface area (Å²) in [6, 6.07) is -3.17. The highest BCUT2D eigenvalue weighted by Gasteiger charge is 2.21. The Morgan fingerprint density at radius 3 is 3.07 bits per heavy atom. The average Bonchev–Trinajstić information content (AvgIpc) is 3.12. The van der Waals surface area contributed by atoms with Crippen molar-refractivity contribution in [2.45, 2.75) is 32.2 Å². The van der Waals surface area contributed by atoms with Gasteiger partial charge in [-0.05, 0) is 42.9 Å². The fourth-order valence-corrected chi connectivity index (χ4v) is 3.50. The largest absolute Gasteiger partial charge is 0.367 e. The van der Waals surface area contributed by atoms with Crippen LogP contribution in [0.4, 0.5) is 10.2 Å². The van der Waals surface area contributed by atoms with Gasteiger partial charge in [0.15, 0.2) is 1.41 Å². The minimum absolute atomic E-state index is 0.0246. The van der Waals surface area contributed by atoms with Crippen molar-refractivity contribution >= 4 is 39.0 Å². The summed E-state index contributed by atoms with van der Waals surface area (Å²) in [6.07, 6.45) is -6.49. The van der Waals surface area contributed by atoms with Gasteiger partial charge >= 0.3 is 0 Å². The van der Waals surface area contributed by atoms with Crippen molar-refractivity contribution in [3.63, 3.8) is 0 Å². The van der Waals surface area contributed by atoms with Crippen LogP contribution in [0, 0.1) is 24.1 Å². The van der Waals surface area contributed by atoms with E-state index in [1.54, 1.807) is 0 Å². The Balaban J connectivity index is 1.82. The minimum Gasteiger partial charge on any atom is -0.367 e. The number of anilines is 1. The zero-order valence-electron chi connectivity index (χ0n) is 25.4. The highest BCUT2D eigenvalue weighted by molar-refractivity contribution is 7.22. The first-order chi connectivity index (χ1) is 17.9. The van der Waals surface area contributed by atoms with Gasteiger partial charge in [-0.3, -0.25) is 4.90 Å². The number of nitriles is 1. The number of hydrogen-bond acceptors (Lipinski definition) is 6. The third-order valence-electron chi connectivity index (χ3n) is 3.83. The van der Waals surface area contributed by atoms with Crippen LogP contribution in [0.3, 0.4) is 0 Å². The molecule has 144 valence electrons. The van der Waals surface area contributed by atoms with Crippen LogP contribution in [0.25, 0.3) is 10.2 Å². The van der Waals surface area contributed by atoms with Gasteiger partial charge in [0.1, 0.15) is 30.2 Å². The van der Waals surface area contributed by atoms with Gasteiger partial charge in [-0.1, -0.05) is 17.6 Å². The van der Waals surface area contributed by atoms with Crippen LogP contribution in [0.15, 0.2) is 24.4 Å². The third kappa shape index (κ3) is 3.95. The maximum absolute atomic E-state index is 14.4. The molecule has 0 radical (unpaired) electrons. The fourth-order valence-electron chi connectivity index (χ4n) is 2.53. The number of aromatic nitrogens is 2. The minimum atomic E-state index is -3.05. The molecule has 0 spiro atoms. The summed E-state index contributed by atoms with van der Waals surface area (Å²) in [4.78, 5) is 8.57. The van der Waals surface area contributed by atoms with Crippen LogP contribution in [-0.4, -0.2) is 34.0 Å². The Kier molecular flexibility index (Phi) is 2.85. The Morgan fingerprint density at radius 2 is 2.32 bits per heavy atom. The van der Waals surface area contributed by atoms with Crippen LogP contribution in [0.1, 0.15) is 43.1 Å². The van der Waals surface area contributed by atoms with E-state index in [0.29, 0.717) is 0 Å². The number of nitrogens with one attached hydrogen (secondary N) is 1. The van der Waals surface area contributed by atoms with E-state index >= 15 is 0 Å². The number of nitrogens with zero attached hydrogens (tertiary/aromatic N) is 4. The highest BCUT2D eigenvalue weighted by atomic mass is 35.5. The summed E-state index contributed by atoms with van der Waals surface area (Å²) in [7, 11) is 0. The zero-order chi connectivity index (χ0) is 29.4. The molecule has 1 fully saturated rings. The first kappa shape index (κ1) is 9.97. The van der Waals surface area contributed by atoms with Gasteiger partial charge in [-0.2, -0.15) is 5.26 Å². The molecule has 0 bridgehead atoms. The number of rotatable bonds is 4. The summed E-state index contributed by atoms with van der Waals surface area (Å²) < 4.78 is 108. The molecule has 4 rings (SSSR count).